The SMILES string of the molecule is COC(=O)C(=O)NCCOC(C)C. The van der Waals surface area contributed by atoms with Crippen LogP contribution in [0.3, 0.4) is 0 Å². The third-order valence-electron chi connectivity index (χ3n) is 1.21. The van der Waals surface area contributed by atoms with Gasteiger partial charge in [0.2, 0.25) is 0 Å². The zero-order valence-electron chi connectivity index (χ0n) is 8.12. The van der Waals surface area contributed by atoms with Gasteiger partial charge in [-0.25, -0.2) is 4.79 Å². The Bertz CT molecular complexity index is 179. The number of methoxy groups -OCH3 is 1. The molecule has 5 heteroatoms. The van der Waals surface area contributed by atoms with Crippen LogP contribution in [0.15, 0.2) is 0 Å². The van der Waals surface area contributed by atoms with Crippen molar-refractivity contribution in [3.05, 3.63) is 0 Å². The van der Waals surface area contributed by atoms with Gasteiger partial charge in [0.25, 0.3) is 0 Å². The van der Waals surface area contributed by atoms with Gasteiger partial charge in [-0.2, -0.15) is 0 Å². The number of hydrogen-bond donors (Lipinski definition) is 1. The number of nitrogens with one attached hydrogen (secondary N) is 1. The molecule has 0 aliphatic rings. The fourth-order valence-electron chi connectivity index (χ4n) is 0.624. The van der Waals surface area contributed by atoms with E-state index in [1.54, 1.807) is 0 Å². The number of carbonyl (C=O) groups excluding carboxylic acids is 2. The fraction of sp³-hybridized carbons (Fsp3) is 0.750. The van der Waals surface area contributed by atoms with Crippen molar-refractivity contribution in [3.63, 3.8) is 0 Å². The largest absolute Gasteiger partial charge is 0.462 e. The van der Waals surface area contributed by atoms with E-state index in [4.69, 9.17) is 4.74 Å². The lowest BCUT2D eigenvalue weighted by molar-refractivity contribution is -0.152. The van der Waals surface area contributed by atoms with E-state index in [1.807, 2.05) is 13.8 Å². The molecule has 76 valence electrons. The Morgan fingerprint density at radius 2 is 2.00 bits per heavy atom. The molecule has 0 atom stereocenters. The zero-order valence-corrected chi connectivity index (χ0v) is 8.12. The predicted molar refractivity (Wildman–Crippen MR) is 46.1 cm³/mol. The highest BCUT2D eigenvalue weighted by Gasteiger charge is 2.11. The summed E-state index contributed by atoms with van der Waals surface area (Å²) in [4.78, 5) is 21.3. The first-order chi connectivity index (χ1) is 6.07. The van der Waals surface area contributed by atoms with Crippen LogP contribution in [0.4, 0.5) is 0 Å². The van der Waals surface area contributed by atoms with Gasteiger partial charge in [-0.3, -0.25) is 4.79 Å². The summed E-state index contributed by atoms with van der Waals surface area (Å²) in [5.74, 6) is -1.63. The van der Waals surface area contributed by atoms with Gasteiger partial charge in [0.05, 0.1) is 19.8 Å². The van der Waals surface area contributed by atoms with Gasteiger partial charge in [-0.1, -0.05) is 0 Å². The molecule has 1 N–H and O–H groups in total. The normalized spacial score (nSPS) is 9.85. The summed E-state index contributed by atoms with van der Waals surface area (Å²) in [5, 5.41) is 2.35. The third-order valence-corrected chi connectivity index (χ3v) is 1.21. The molecular formula is C8H15NO4. The molecule has 0 aromatic carbocycles. The number of rotatable bonds is 4. The lowest BCUT2D eigenvalue weighted by atomic mass is 10.5. The van der Waals surface area contributed by atoms with E-state index in [0.717, 1.165) is 7.11 Å². The molecule has 5 nitrogen and oxygen atoms in total. The van der Waals surface area contributed by atoms with Crippen LogP contribution in [-0.2, 0) is 19.1 Å². The molecule has 0 unspecified atom stereocenters. The molecular weight excluding hydrogens is 174 g/mol. The zero-order chi connectivity index (χ0) is 10.3. The van der Waals surface area contributed by atoms with Crippen LogP contribution in [0.25, 0.3) is 0 Å². The van der Waals surface area contributed by atoms with Gasteiger partial charge in [-0.15, -0.1) is 0 Å². The van der Waals surface area contributed by atoms with Crippen molar-refractivity contribution < 1.29 is 19.1 Å². The van der Waals surface area contributed by atoms with Crippen molar-refractivity contribution in [2.45, 2.75) is 20.0 Å². The predicted octanol–water partition coefficient (Wildman–Crippen LogP) is -0.299. The van der Waals surface area contributed by atoms with Crippen LogP contribution in [0, 0.1) is 0 Å². The summed E-state index contributed by atoms with van der Waals surface area (Å²) >= 11 is 0. The lowest BCUT2D eigenvalue weighted by Gasteiger charge is -2.07. The smallest absolute Gasteiger partial charge is 0.396 e. The summed E-state index contributed by atoms with van der Waals surface area (Å²) in [5.41, 5.74) is 0. The summed E-state index contributed by atoms with van der Waals surface area (Å²) in [6.07, 6.45) is 0.120. The van der Waals surface area contributed by atoms with E-state index >= 15 is 0 Å². The minimum atomic E-state index is -0.885. The van der Waals surface area contributed by atoms with Crippen molar-refractivity contribution >= 4 is 11.9 Å². The molecule has 0 saturated carbocycles. The molecule has 0 spiro atoms. The maximum atomic E-state index is 10.8. The Morgan fingerprint density at radius 3 is 2.46 bits per heavy atom. The highest BCUT2D eigenvalue weighted by molar-refractivity contribution is 6.32. The standard InChI is InChI=1S/C8H15NO4/c1-6(2)13-5-4-9-7(10)8(11)12-3/h6H,4-5H2,1-3H3,(H,9,10). The molecule has 0 heterocycles. The first kappa shape index (κ1) is 11.9. The Kier molecular flexibility index (Phi) is 5.88. The van der Waals surface area contributed by atoms with Gasteiger partial charge in [0.1, 0.15) is 0 Å². The molecule has 0 bridgehead atoms. The van der Waals surface area contributed by atoms with Crippen molar-refractivity contribution in [1.29, 1.82) is 0 Å². The van der Waals surface area contributed by atoms with E-state index in [1.165, 1.54) is 0 Å². The van der Waals surface area contributed by atoms with Gasteiger partial charge >= 0.3 is 11.9 Å². The second-order valence-electron chi connectivity index (χ2n) is 2.67. The van der Waals surface area contributed by atoms with Crippen LogP contribution in [0.5, 0.6) is 0 Å². The molecule has 0 aromatic heterocycles. The van der Waals surface area contributed by atoms with Crippen molar-refractivity contribution in [2.75, 3.05) is 20.3 Å². The second kappa shape index (κ2) is 6.42. The summed E-state index contributed by atoms with van der Waals surface area (Å²) in [6.45, 7) is 4.48. The Balaban J connectivity index is 3.43. The minimum Gasteiger partial charge on any atom is -0.462 e. The quantitative estimate of drug-likeness (QED) is 0.374. The first-order valence-electron chi connectivity index (χ1n) is 4.05. The number of carbonyl (C=O) groups is 2. The van der Waals surface area contributed by atoms with Gasteiger partial charge < -0.3 is 14.8 Å². The average Bonchev–Trinajstić information content (AvgIpc) is 2.10. The van der Waals surface area contributed by atoms with E-state index in [9.17, 15) is 9.59 Å². The summed E-state index contributed by atoms with van der Waals surface area (Å²) < 4.78 is 9.34. The van der Waals surface area contributed by atoms with Crippen molar-refractivity contribution in [1.82, 2.24) is 5.32 Å². The molecule has 13 heavy (non-hydrogen) atoms. The van der Waals surface area contributed by atoms with Crippen LogP contribution in [-0.4, -0.2) is 38.2 Å². The summed E-state index contributed by atoms with van der Waals surface area (Å²) in [7, 11) is 1.16. The van der Waals surface area contributed by atoms with Crippen LogP contribution < -0.4 is 5.32 Å². The Labute approximate surface area is 77.4 Å². The molecule has 0 aliphatic carbocycles. The Morgan fingerprint density at radius 1 is 1.38 bits per heavy atom. The monoisotopic (exact) mass is 189 g/mol. The molecule has 1 amide bonds. The number of esters is 1. The van der Waals surface area contributed by atoms with Crippen molar-refractivity contribution in [2.24, 2.45) is 0 Å². The van der Waals surface area contributed by atoms with E-state index < -0.39 is 11.9 Å². The molecule has 0 fully saturated rings. The van der Waals surface area contributed by atoms with Crippen LogP contribution >= 0.6 is 0 Å². The molecule has 0 aromatic rings. The van der Waals surface area contributed by atoms with E-state index in [-0.39, 0.29) is 6.10 Å². The topological polar surface area (TPSA) is 64.6 Å². The minimum absolute atomic E-state index is 0.120. The number of amides is 1. The molecule has 0 aliphatic heterocycles. The maximum absolute atomic E-state index is 10.8. The maximum Gasteiger partial charge on any atom is 0.396 e. The molecule has 0 rings (SSSR count). The summed E-state index contributed by atoms with van der Waals surface area (Å²) in [6, 6.07) is 0. The molecule has 0 radical (unpaired) electrons. The van der Waals surface area contributed by atoms with E-state index in [0.29, 0.717) is 13.2 Å². The number of hydrogen-bond acceptors (Lipinski definition) is 4. The lowest BCUT2D eigenvalue weighted by Crippen LogP contribution is -2.34. The second-order valence-corrected chi connectivity index (χ2v) is 2.67. The van der Waals surface area contributed by atoms with Gasteiger partial charge in [0, 0.05) is 6.54 Å². The van der Waals surface area contributed by atoms with E-state index in [2.05, 4.69) is 10.1 Å². The van der Waals surface area contributed by atoms with Gasteiger partial charge in [-0.05, 0) is 13.8 Å². The van der Waals surface area contributed by atoms with Crippen molar-refractivity contribution in [3.8, 4) is 0 Å². The highest BCUT2D eigenvalue weighted by atomic mass is 16.5. The number of ether oxygens (including phenoxy) is 2. The Hall–Kier alpha value is -1.10. The van der Waals surface area contributed by atoms with Gasteiger partial charge in [0.15, 0.2) is 0 Å². The highest BCUT2D eigenvalue weighted by Crippen LogP contribution is 1.85. The molecule has 0 saturated heterocycles. The fourth-order valence-corrected chi connectivity index (χ4v) is 0.624. The third kappa shape index (κ3) is 6.10. The van der Waals surface area contributed by atoms with Crippen LogP contribution in [0.2, 0.25) is 0 Å². The van der Waals surface area contributed by atoms with Crippen LogP contribution in [0.1, 0.15) is 13.8 Å². The first-order valence-corrected chi connectivity index (χ1v) is 4.05. The average molecular weight is 189 g/mol.